The van der Waals surface area contributed by atoms with Crippen molar-refractivity contribution in [2.75, 3.05) is 6.61 Å². The fourth-order valence-corrected chi connectivity index (χ4v) is 1.57. The molecule has 0 saturated heterocycles. The van der Waals surface area contributed by atoms with Gasteiger partial charge in [-0.25, -0.2) is 0 Å². The average molecular weight is 166 g/mol. The van der Waals surface area contributed by atoms with E-state index in [0.717, 1.165) is 25.0 Å². The highest BCUT2D eigenvalue weighted by molar-refractivity contribution is 5.19. The number of aliphatic hydroxyl groups is 1. The molecule has 1 aliphatic rings. The van der Waals surface area contributed by atoms with Gasteiger partial charge in [0.1, 0.15) is 5.76 Å². The van der Waals surface area contributed by atoms with Crippen molar-refractivity contribution in [2.24, 2.45) is 5.41 Å². The minimum atomic E-state index is 0.203. The van der Waals surface area contributed by atoms with Gasteiger partial charge in [0.15, 0.2) is 0 Å². The molecule has 2 rings (SSSR count). The summed E-state index contributed by atoms with van der Waals surface area (Å²) >= 11 is 0. The Bertz CT molecular complexity index is 271. The molecule has 0 aromatic carbocycles. The summed E-state index contributed by atoms with van der Waals surface area (Å²) < 4.78 is 5.20. The molecule has 0 aliphatic heterocycles. The molecule has 0 spiro atoms. The molecule has 0 atom stereocenters. The van der Waals surface area contributed by atoms with Gasteiger partial charge in [-0.2, -0.15) is 0 Å². The predicted octanol–water partition coefficient (Wildman–Crippen LogP) is 1.90. The summed E-state index contributed by atoms with van der Waals surface area (Å²) in [5.74, 6) is 0.995. The molecule has 12 heavy (non-hydrogen) atoms. The van der Waals surface area contributed by atoms with Gasteiger partial charge in [0.25, 0.3) is 0 Å². The van der Waals surface area contributed by atoms with E-state index in [-0.39, 0.29) is 5.41 Å². The summed E-state index contributed by atoms with van der Waals surface area (Å²) in [5, 5.41) is 9.12. The maximum absolute atomic E-state index is 9.12. The van der Waals surface area contributed by atoms with Crippen molar-refractivity contribution in [3.8, 4) is 0 Å². The van der Waals surface area contributed by atoms with E-state index in [2.05, 4.69) is 0 Å². The molecule has 1 heterocycles. The third kappa shape index (κ3) is 1.27. The van der Waals surface area contributed by atoms with Crippen molar-refractivity contribution in [3.05, 3.63) is 23.7 Å². The zero-order valence-electron chi connectivity index (χ0n) is 7.34. The SMILES string of the molecule is Cc1occc1CC1(CO)CC1. The standard InChI is InChI=1S/C10H14O2/c1-8-9(2-5-12-8)6-10(7-11)3-4-10/h2,5,11H,3-4,6-7H2,1H3. The highest BCUT2D eigenvalue weighted by Crippen LogP contribution is 2.48. The number of aryl methyl sites for hydroxylation is 1. The van der Waals surface area contributed by atoms with E-state index in [1.165, 1.54) is 5.56 Å². The van der Waals surface area contributed by atoms with Crippen molar-refractivity contribution in [3.63, 3.8) is 0 Å². The van der Waals surface area contributed by atoms with Crippen LogP contribution >= 0.6 is 0 Å². The summed E-state index contributed by atoms with van der Waals surface area (Å²) in [6, 6.07) is 2.01. The van der Waals surface area contributed by atoms with Crippen LogP contribution in [0.1, 0.15) is 24.2 Å². The minimum absolute atomic E-state index is 0.203. The largest absolute Gasteiger partial charge is 0.469 e. The highest BCUT2D eigenvalue weighted by Gasteiger charge is 2.42. The molecule has 2 heteroatoms. The van der Waals surface area contributed by atoms with Gasteiger partial charge in [-0.15, -0.1) is 0 Å². The maximum Gasteiger partial charge on any atom is 0.103 e. The highest BCUT2D eigenvalue weighted by atomic mass is 16.3. The van der Waals surface area contributed by atoms with Crippen LogP contribution in [-0.2, 0) is 6.42 Å². The number of hydrogen-bond acceptors (Lipinski definition) is 2. The summed E-state index contributed by atoms with van der Waals surface area (Å²) in [6.45, 7) is 2.29. The monoisotopic (exact) mass is 166 g/mol. The second kappa shape index (κ2) is 2.63. The van der Waals surface area contributed by atoms with E-state index in [9.17, 15) is 0 Å². The van der Waals surface area contributed by atoms with Gasteiger partial charge in [0.05, 0.1) is 6.26 Å². The maximum atomic E-state index is 9.12. The van der Waals surface area contributed by atoms with Crippen LogP contribution in [0.2, 0.25) is 0 Å². The van der Waals surface area contributed by atoms with Gasteiger partial charge >= 0.3 is 0 Å². The van der Waals surface area contributed by atoms with E-state index in [0.29, 0.717) is 6.61 Å². The zero-order chi connectivity index (χ0) is 8.60. The third-order valence-corrected chi connectivity index (χ3v) is 2.82. The molecule has 1 aliphatic carbocycles. The number of aliphatic hydroxyl groups excluding tert-OH is 1. The van der Waals surface area contributed by atoms with Crippen molar-refractivity contribution in [1.29, 1.82) is 0 Å². The molecule has 1 fully saturated rings. The lowest BCUT2D eigenvalue weighted by Gasteiger charge is -2.09. The van der Waals surface area contributed by atoms with Crippen LogP contribution in [0.25, 0.3) is 0 Å². The van der Waals surface area contributed by atoms with Gasteiger partial charge < -0.3 is 9.52 Å². The van der Waals surface area contributed by atoms with Gasteiger partial charge in [-0.3, -0.25) is 0 Å². The first kappa shape index (κ1) is 7.87. The smallest absolute Gasteiger partial charge is 0.103 e. The summed E-state index contributed by atoms with van der Waals surface area (Å²) in [4.78, 5) is 0. The zero-order valence-corrected chi connectivity index (χ0v) is 7.34. The van der Waals surface area contributed by atoms with Gasteiger partial charge in [-0.1, -0.05) is 0 Å². The topological polar surface area (TPSA) is 33.4 Å². The fourth-order valence-electron chi connectivity index (χ4n) is 1.57. The lowest BCUT2D eigenvalue weighted by atomic mass is 9.98. The van der Waals surface area contributed by atoms with Crippen molar-refractivity contribution >= 4 is 0 Å². The Labute approximate surface area is 72.2 Å². The Balaban J connectivity index is 2.08. The third-order valence-electron chi connectivity index (χ3n) is 2.82. The predicted molar refractivity (Wildman–Crippen MR) is 45.9 cm³/mol. The normalized spacial score (nSPS) is 19.5. The van der Waals surface area contributed by atoms with Crippen molar-refractivity contribution < 1.29 is 9.52 Å². The fraction of sp³-hybridized carbons (Fsp3) is 0.600. The van der Waals surface area contributed by atoms with Crippen LogP contribution in [-0.4, -0.2) is 11.7 Å². The Morgan fingerprint density at radius 3 is 2.75 bits per heavy atom. The van der Waals surface area contributed by atoms with Crippen LogP contribution in [0.15, 0.2) is 16.7 Å². The summed E-state index contributed by atoms with van der Waals surface area (Å²) in [6.07, 6.45) is 5.02. The van der Waals surface area contributed by atoms with E-state index in [1.807, 2.05) is 13.0 Å². The number of hydrogen-bond donors (Lipinski definition) is 1. The number of furan rings is 1. The molecule has 0 radical (unpaired) electrons. The quantitative estimate of drug-likeness (QED) is 0.744. The molecule has 0 unspecified atom stereocenters. The van der Waals surface area contributed by atoms with Gasteiger partial charge in [0.2, 0.25) is 0 Å². The summed E-state index contributed by atoms with van der Waals surface area (Å²) in [5.41, 5.74) is 1.45. The Morgan fingerprint density at radius 1 is 1.58 bits per heavy atom. The van der Waals surface area contributed by atoms with E-state index < -0.39 is 0 Å². The van der Waals surface area contributed by atoms with Crippen molar-refractivity contribution in [1.82, 2.24) is 0 Å². The second-order valence-corrected chi connectivity index (χ2v) is 3.84. The first-order valence-corrected chi connectivity index (χ1v) is 4.40. The summed E-state index contributed by atoms with van der Waals surface area (Å²) in [7, 11) is 0. The van der Waals surface area contributed by atoms with E-state index in [4.69, 9.17) is 9.52 Å². The molecule has 66 valence electrons. The molecule has 1 aromatic rings. The van der Waals surface area contributed by atoms with Crippen LogP contribution < -0.4 is 0 Å². The lowest BCUT2D eigenvalue weighted by molar-refractivity contribution is 0.210. The Morgan fingerprint density at radius 2 is 2.33 bits per heavy atom. The minimum Gasteiger partial charge on any atom is -0.469 e. The average Bonchev–Trinajstić information content (AvgIpc) is 2.74. The van der Waals surface area contributed by atoms with Gasteiger partial charge in [-0.05, 0) is 43.2 Å². The molecular weight excluding hydrogens is 152 g/mol. The van der Waals surface area contributed by atoms with E-state index >= 15 is 0 Å². The second-order valence-electron chi connectivity index (χ2n) is 3.84. The van der Waals surface area contributed by atoms with E-state index in [1.54, 1.807) is 6.26 Å². The lowest BCUT2D eigenvalue weighted by Crippen LogP contribution is -2.09. The molecule has 1 N–H and O–H groups in total. The first-order valence-electron chi connectivity index (χ1n) is 4.40. The first-order chi connectivity index (χ1) is 5.76. The van der Waals surface area contributed by atoms with Crippen LogP contribution in [0.5, 0.6) is 0 Å². The Kier molecular flexibility index (Phi) is 1.72. The van der Waals surface area contributed by atoms with Gasteiger partial charge in [0, 0.05) is 6.61 Å². The van der Waals surface area contributed by atoms with Crippen LogP contribution in [0.4, 0.5) is 0 Å². The van der Waals surface area contributed by atoms with Crippen LogP contribution in [0.3, 0.4) is 0 Å². The molecule has 0 bridgehead atoms. The Hall–Kier alpha value is -0.760. The van der Waals surface area contributed by atoms with Crippen LogP contribution in [0, 0.1) is 12.3 Å². The molecule has 1 saturated carbocycles. The number of rotatable bonds is 3. The van der Waals surface area contributed by atoms with Crippen molar-refractivity contribution in [2.45, 2.75) is 26.2 Å². The molecular formula is C10H14O2. The molecule has 1 aromatic heterocycles. The molecule has 2 nitrogen and oxygen atoms in total. The molecule has 0 amide bonds.